The summed E-state index contributed by atoms with van der Waals surface area (Å²) < 4.78 is 45.5. The first kappa shape index (κ1) is 28.0. The number of aliphatic hydroxyl groups is 1. The first-order valence-electron chi connectivity index (χ1n) is 10.2. The number of rotatable bonds is 10. The van der Waals surface area contributed by atoms with Gasteiger partial charge >= 0.3 is 6.18 Å². The monoisotopic (exact) mass is 569 g/mol. The zero-order valence-electron chi connectivity index (χ0n) is 18.4. The average molecular weight is 569 g/mol. The average Bonchev–Trinajstić information content (AvgIpc) is 3.04. The molecule has 2 aromatic rings. The van der Waals surface area contributed by atoms with Gasteiger partial charge in [0.15, 0.2) is 5.96 Å². The number of aromatic nitrogens is 2. The van der Waals surface area contributed by atoms with Crippen molar-refractivity contribution in [1.82, 2.24) is 20.4 Å². The summed E-state index contributed by atoms with van der Waals surface area (Å²) in [4.78, 5) is 4.31. The van der Waals surface area contributed by atoms with Gasteiger partial charge in [-0.15, -0.1) is 24.0 Å². The zero-order valence-corrected chi connectivity index (χ0v) is 20.8. The normalized spacial score (nSPS) is 12.8. The highest BCUT2D eigenvalue weighted by molar-refractivity contribution is 14.0. The number of ether oxygens (including phenoxy) is 1. The predicted molar refractivity (Wildman–Crippen MR) is 129 cm³/mol. The van der Waals surface area contributed by atoms with Crippen LogP contribution in [0.3, 0.4) is 0 Å². The molecular formula is C21H31F3IN5O2. The Bertz CT molecular complexity index is 858. The molecule has 2 rings (SSSR count). The van der Waals surface area contributed by atoms with Gasteiger partial charge in [-0.2, -0.15) is 18.3 Å². The van der Waals surface area contributed by atoms with Crippen LogP contribution in [0.2, 0.25) is 0 Å². The Morgan fingerprint density at radius 3 is 2.62 bits per heavy atom. The maximum atomic E-state index is 12.8. The fourth-order valence-electron chi connectivity index (χ4n) is 2.88. The van der Waals surface area contributed by atoms with Gasteiger partial charge in [0.2, 0.25) is 0 Å². The third kappa shape index (κ3) is 9.63. The molecule has 1 atom stereocenters. The highest BCUT2D eigenvalue weighted by Gasteiger charge is 2.30. The fourth-order valence-corrected chi connectivity index (χ4v) is 2.88. The van der Waals surface area contributed by atoms with E-state index in [2.05, 4.69) is 20.7 Å². The van der Waals surface area contributed by atoms with E-state index < -0.39 is 17.8 Å². The summed E-state index contributed by atoms with van der Waals surface area (Å²) in [5.41, 5.74) is 1.31. The van der Waals surface area contributed by atoms with Gasteiger partial charge in [-0.05, 0) is 51.5 Å². The van der Waals surface area contributed by atoms with E-state index in [4.69, 9.17) is 4.74 Å². The number of benzene rings is 1. The number of hydrogen-bond acceptors (Lipinski definition) is 4. The van der Waals surface area contributed by atoms with Crippen molar-refractivity contribution in [2.75, 3.05) is 26.2 Å². The van der Waals surface area contributed by atoms with Gasteiger partial charge in [0.05, 0.1) is 17.8 Å². The lowest BCUT2D eigenvalue weighted by Gasteiger charge is -2.14. The summed E-state index contributed by atoms with van der Waals surface area (Å²) in [7, 11) is 0. The van der Waals surface area contributed by atoms with Gasteiger partial charge in [0.1, 0.15) is 18.5 Å². The molecule has 1 aromatic carbocycles. The first-order chi connectivity index (χ1) is 14.7. The van der Waals surface area contributed by atoms with E-state index in [1.165, 1.54) is 12.1 Å². The molecular weight excluding hydrogens is 538 g/mol. The van der Waals surface area contributed by atoms with Crippen molar-refractivity contribution in [2.45, 2.75) is 46.0 Å². The lowest BCUT2D eigenvalue weighted by molar-refractivity contribution is -0.137. The molecule has 0 aliphatic carbocycles. The molecule has 1 aromatic heterocycles. The van der Waals surface area contributed by atoms with E-state index in [0.717, 1.165) is 36.5 Å². The van der Waals surface area contributed by atoms with Gasteiger partial charge in [0, 0.05) is 25.3 Å². The zero-order chi connectivity index (χ0) is 22.9. The first-order valence-corrected chi connectivity index (χ1v) is 10.2. The standard InChI is InChI=1S/C21H30F3N5O2.HI/c1-4-25-20(26-9-6-10-29-16(3)11-15(2)28-29)27-13-18(30)14-31-19-8-5-7-17(12-19)21(22,23)24;/h5,7-8,11-12,18,30H,4,6,9-10,13-14H2,1-3H3,(H2,25,26,27);1H. The number of nitrogens with one attached hydrogen (secondary N) is 2. The van der Waals surface area contributed by atoms with Gasteiger partial charge in [-0.1, -0.05) is 6.07 Å². The summed E-state index contributed by atoms with van der Waals surface area (Å²) in [6.07, 6.45) is -4.56. The molecule has 0 saturated carbocycles. The van der Waals surface area contributed by atoms with Crippen molar-refractivity contribution in [3.8, 4) is 5.75 Å². The smallest absolute Gasteiger partial charge is 0.416 e. The Hall–Kier alpha value is -2.02. The number of halogens is 4. The molecule has 3 N–H and O–H groups in total. The van der Waals surface area contributed by atoms with Crippen LogP contribution in [-0.4, -0.2) is 53.2 Å². The number of alkyl halides is 3. The predicted octanol–water partition coefficient (Wildman–Crippen LogP) is 3.52. The highest BCUT2D eigenvalue weighted by Crippen LogP contribution is 2.31. The van der Waals surface area contributed by atoms with Crippen molar-refractivity contribution in [2.24, 2.45) is 4.99 Å². The fraction of sp³-hybridized carbons (Fsp3) is 0.524. The summed E-state index contributed by atoms with van der Waals surface area (Å²) in [5.74, 6) is 0.598. The van der Waals surface area contributed by atoms with Crippen LogP contribution in [0, 0.1) is 13.8 Å². The maximum absolute atomic E-state index is 12.8. The Morgan fingerprint density at radius 2 is 2.00 bits per heavy atom. The minimum atomic E-state index is -4.44. The van der Waals surface area contributed by atoms with E-state index in [0.29, 0.717) is 19.0 Å². The molecule has 1 unspecified atom stereocenters. The van der Waals surface area contributed by atoms with Gasteiger partial charge in [-0.3, -0.25) is 9.67 Å². The van der Waals surface area contributed by atoms with Crippen molar-refractivity contribution in [1.29, 1.82) is 0 Å². The third-order valence-corrected chi connectivity index (χ3v) is 4.35. The molecule has 0 fully saturated rings. The van der Waals surface area contributed by atoms with Crippen LogP contribution in [-0.2, 0) is 12.7 Å². The number of nitrogens with zero attached hydrogens (tertiary/aromatic N) is 3. The minimum Gasteiger partial charge on any atom is -0.491 e. The molecule has 1 heterocycles. The van der Waals surface area contributed by atoms with Gasteiger partial charge in [0.25, 0.3) is 0 Å². The number of aliphatic imine (C=N–C) groups is 1. The number of guanidine groups is 1. The van der Waals surface area contributed by atoms with Gasteiger partial charge < -0.3 is 20.5 Å². The second-order valence-corrected chi connectivity index (χ2v) is 7.14. The number of aliphatic hydroxyl groups excluding tert-OH is 1. The van der Waals surface area contributed by atoms with Crippen LogP contribution in [0.15, 0.2) is 35.3 Å². The van der Waals surface area contributed by atoms with Crippen LogP contribution in [0.4, 0.5) is 13.2 Å². The van der Waals surface area contributed by atoms with Crippen molar-refractivity contribution in [3.05, 3.63) is 47.3 Å². The van der Waals surface area contributed by atoms with Crippen LogP contribution in [0.25, 0.3) is 0 Å². The molecule has 0 aliphatic heterocycles. The highest BCUT2D eigenvalue weighted by atomic mass is 127. The van der Waals surface area contributed by atoms with Crippen LogP contribution in [0.5, 0.6) is 5.75 Å². The van der Waals surface area contributed by atoms with E-state index in [-0.39, 0.29) is 42.9 Å². The molecule has 0 amide bonds. The van der Waals surface area contributed by atoms with Crippen molar-refractivity contribution >= 4 is 29.9 Å². The summed E-state index contributed by atoms with van der Waals surface area (Å²) in [6.45, 7) is 7.89. The lowest BCUT2D eigenvalue weighted by atomic mass is 10.2. The van der Waals surface area contributed by atoms with Crippen LogP contribution in [0.1, 0.15) is 30.3 Å². The second kappa shape index (κ2) is 13.5. The molecule has 0 saturated heterocycles. The van der Waals surface area contributed by atoms with E-state index >= 15 is 0 Å². The molecule has 11 heteroatoms. The quantitative estimate of drug-likeness (QED) is 0.177. The summed E-state index contributed by atoms with van der Waals surface area (Å²) in [6, 6.07) is 6.59. The van der Waals surface area contributed by atoms with Crippen molar-refractivity contribution in [3.63, 3.8) is 0 Å². The topological polar surface area (TPSA) is 83.7 Å². The Balaban J connectivity index is 0.00000512. The molecule has 0 aliphatic rings. The number of aryl methyl sites for hydroxylation is 3. The SMILES string of the molecule is CCNC(=NCC(O)COc1cccc(C(F)(F)F)c1)NCCCn1nc(C)cc1C.I. The summed E-state index contributed by atoms with van der Waals surface area (Å²) in [5, 5.41) is 20.8. The third-order valence-electron chi connectivity index (χ3n) is 4.35. The molecule has 0 bridgehead atoms. The lowest BCUT2D eigenvalue weighted by Crippen LogP contribution is -2.39. The Labute approximate surface area is 203 Å². The maximum Gasteiger partial charge on any atom is 0.416 e. The molecule has 0 spiro atoms. The minimum absolute atomic E-state index is 0. The summed E-state index contributed by atoms with van der Waals surface area (Å²) >= 11 is 0. The largest absolute Gasteiger partial charge is 0.491 e. The van der Waals surface area contributed by atoms with E-state index in [1.807, 2.05) is 31.5 Å². The van der Waals surface area contributed by atoms with E-state index in [1.54, 1.807) is 0 Å². The van der Waals surface area contributed by atoms with Crippen molar-refractivity contribution < 1.29 is 23.0 Å². The second-order valence-electron chi connectivity index (χ2n) is 7.14. The van der Waals surface area contributed by atoms with E-state index in [9.17, 15) is 18.3 Å². The molecule has 7 nitrogen and oxygen atoms in total. The molecule has 32 heavy (non-hydrogen) atoms. The number of hydrogen-bond donors (Lipinski definition) is 3. The van der Waals surface area contributed by atoms with Crippen LogP contribution >= 0.6 is 24.0 Å². The van der Waals surface area contributed by atoms with Gasteiger partial charge in [-0.25, -0.2) is 0 Å². The Morgan fingerprint density at radius 1 is 1.25 bits per heavy atom. The molecule has 0 radical (unpaired) electrons. The molecule has 180 valence electrons. The van der Waals surface area contributed by atoms with Crippen LogP contribution < -0.4 is 15.4 Å². The Kier molecular flexibility index (Phi) is 11.8.